The van der Waals surface area contributed by atoms with E-state index in [1.54, 1.807) is 0 Å². The maximum Gasteiger partial charge on any atom is 0.119 e. The van der Waals surface area contributed by atoms with Crippen LogP contribution in [0.1, 0.15) is 25.0 Å². The molecule has 0 saturated carbocycles. The summed E-state index contributed by atoms with van der Waals surface area (Å²) < 4.78 is 5.64. The molecule has 0 aliphatic heterocycles. The lowest BCUT2D eigenvalue weighted by atomic mass is 10.2. The predicted octanol–water partition coefficient (Wildman–Crippen LogP) is 4.64. The van der Waals surface area contributed by atoms with Crippen LogP contribution in [0.15, 0.2) is 42.5 Å². The summed E-state index contributed by atoms with van der Waals surface area (Å²) in [5.74, 6) is 0.918. The van der Waals surface area contributed by atoms with Crippen molar-refractivity contribution in [2.24, 2.45) is 0 Å². The van der Waals surface area contributed by atoms with E-state index in [4.69, 9.17) is 16.3 Å². The lowest BCUT2D eigenvalue weighted by Gasteiger charge is -2.11. The number of aryl methyl sites for hydroxylation is 1. The first-order valence-electron chi connectivity index (χ1n) is 8.01. The molecule has 3 nitrogen and oxygen atoms in total. The van der Waals surface area contributed by atoms with Crippen molar-refractivity contribution in [3.05, 3.63) is 58.6 Å². The Hall–Kier alpha value is -1.71. The van der Waals surface area contributed by atoms with E-state index in [1.807, 2.05) is 45.0 Å². The molecule has 2 N–H and O–H groups in total. The third-order valence-corrected chi connectivity index (χ3v) is 3.83. The molecular formula is C19H25ClN2O. The highest BCUT2D eigenvalue weighted by Gasteiger charge is 1.99. The highest BCUT2D eigenvalue weighted by atomic mass is 35.5. The maximum atomic E-state index is 6.11. The number of ether oxygens (including phenoxy) is 1. The minimum atomic E-state index is 0.209. The second-order valence-electron chi connectivity index (χ2n) is 5.88. The first-order valence-corrected chi connectivity index (χ1v) is 8.39. The van der Waals surface area contributed by atoms with Gasteiger partial charge in [0.1, 0.15) is 5.75 Å². The Bertz CT molecular complexity index is 611. The van der Waals surface area contributed by atoms with Crippen LogP contribution in [0.2, 0.25) is 5.02 Å². The van der Waals surface area contributed by atoms with Gasteiger partial charge in [0.15, 0.2) is 0 Å². The molecule has 0 atom stereocenters. The van der Waals surface area contributed by atoms with Crippen molar-refractivity contribution in [2.45, 2.75) is 33.4 Å². The molecule has 2 rings (SSSR count). The van der Waals surface area contributed by atoms with E-state index in [1.165, 1.54) is 5.56 Å². The molecule has 0 spiro atoms. The molecule has 23 heavy (non-hydrogen) atoms. The maximum absolute atomic E-state index is 6.11. The summed E-state index contributed by atoms with van der Waals surface area (Å²) in [6, 6.07) is 14.3. The van der Waals surface area contributed by atoms with Crippen molar-refractivity contribution in [2.75, 3.05) is 18.4 Å². The summed E-state index contributed by atoms with van der Waals surface area (Å²) in [6.45, 7) is 8.65. The molecule has 0 aliphatic rings. The lowest BCUT2D eigenvalue weighted by molar-refractivity contribution is 0.242. The fraction of sp³-hybridized carbons (Fsp3) is 0.368. The Labute approximate surface area is 144 Å². The van der Waals surface area contributed by atoms with Gasteiger partial charge in [-0.1, -0.05) is 29.8 Å². The number of hydrogen-bond acceptors (Lipinski definition) is 3. The van der Waals surface area contributed by atoms with Crippen molar-refractivity contribution >= 4 is 17.3 Å². The summed E-state index contributed by atoms with van der Waals surface area (Å²) in [5, 5.41) is 7.58. The number of nitrogens with one attached hydrogen (secondary N) is 2. The van der Waals surface area contributed by atoms with E-state index < -0.39 is 0 Å². The number of benzene rings is 2. The zero-order chi connectivity index (χ0) is 16.7. The quantitative estimate of drug-likeness (QED) is 0.691. The molecule has 0 amide bonds. The number of halogens is 1. The smallest absolute Gasteiger partial charge is 0.119 e. The van der Waals surface area contributed by atoms with Gasteiger partial charge in [0.2, 0.25) is 0 Å². The van der Waals surface area contributed by atoms with Gasteiger partial charge in [-0.3, -0.25) is 0 Å². The van der Waals surface area contributed by atoms with Crippen molar-refractivity contribution in [3.63, 3.8) is 0 Å². The second kappa shape index (κ2) is 8.80. The van der Waals surface area contributed by atoms with E-state index in [9.17, 15) is 0 Å². The van der Waals surface area contributed by atoms with Crippen LogP contribution in [0.25, 0.3) is 0 Å². The van der Waals surface area contributed by atoms with Crippen LogP contribution >= 0.6 is 11.6 Å². The Kier molecular flexibility index (Phi) is 6.75. The average Bonchev–Trinajstić information content (AvgIpc) is 2.51. The Balaban J connectivity index is 1.68. The molecule has 0 radical (unpaired) electrons. The third-order valence-electron chi connectivity index (χ3n) is 3.43. The first kappa shape index (κ1) is 17.6. The fourth-order valence-corrected chi connectivity index (χ4v) is 2.37. The molecule has 0 bridgehead atoms. The minimum Gasteiger partial charge on any atom is -0.491 e. The number of anilines is 1. The van der Waals surface area contributed by atoms with Crippen molar-refractivity contribution in [1.29, 1.82) is 0 Å². The van der Waals surface area contributed by atoms with Gasteiger partial charge >= 0.3 is 0 Å². The average molecular weight is 333 g/mol. The zero-order valence-electron chi connectivity index (χ0n) is 14.0. The SMILES string of the molecule is Cc1ccc(NCCNCc2ccc(OC(C)C)cc2)cc1Cl. The molecule has 0 saturated heterocycles. The van der Waals surface area contributed by atoms with Gasteiger partial charge in [0.25, 0.3) is 0 Å². The minimum absolute atomic E-state index is 0.209. The lowest BCUT2D eigenvalue weighted by Crippen LogP contribution is -2.21. The summed E-state index contributed by atoms with van der Waals surface area (Å²) in [5.41, 5.74) is 3.40. The molecule has 2 aromatic rings. The summed E-state index contributed by atoms with van der Waals surface area (Å²) >= 11 is 6.11. The molecule has 0 heterocycles. The van der Waals surface area contributed by atoms with E-state index in [0.717, 1.165) is 41.7 Å². The summed E-state index contributed by atoms with van der Waals surface area (Å²) in [7, 11) is 0. The van der Waals surface area contributed by atoms with Crippen LogP contribution in [-0.2, 0) is 6.54 Å². The molecule has 2 aromatic carbocycles. The van der Waals surface area contributed by atoms with Crippen LogP contribution in [0.5, 0.6) is 5.75 Å². The van der Waals surface area contributed by atoms with Gasteiger partial charge < -0.3 is 15.4 Å². The van der Waals surface area contributed by atoms with Crippen molar-refractivity contribution in [3.8, 4) is 5.75 Å². The van der Waals surface area contributed by atoms with Gasteiger partial charge in [0.05, 0.1) is 6.10 Å². The molecule has 4 heteroatoms. The van der Waals surface area contributed by atoms with Crippen LogP contribution in [-0.4, -0.2) is 19.2 Å². The number of rotatable bonds is 8. The van der Waals surface area contributed by atoms with Crippen LogP contribution in [0, 0.1) is 6.92 Å². The summed E-state index contributed by atoms with van der Waals surface area (Å²) in [4.78, 5) is 0. The van der Waals surface area contributed by atoms with Crippen LogP contribution in [0.4, 0.5) is 5.69 Å². The highest BCUT2D eigenvalue weighted by molar-refractivity contribution is 6.31. The Morgan fingerprint density at radius 3 is 2.43 bits per heavy atom. The second-order valence-corrected chi connectivity index (χ2v) is 6.29. The van der Waals surface area contributed by atoms with Crippen LogP contribution in [0.3, 0.4) is 0 Å². The van der Waals surface area contributed by atoms with Gasteiger partial charge in [-0.25, -0.2) is 0 Å². The van der Waals surface area contributed by atoms with Gasteiger partial charge in [-0.2, -0.15) is 0 Å². The van der Waals surface area contributed by atoms with E-state index >= 15 is 0 Å². The Morgan fingerprint density at radius 2 is 1.78 bits per heavy atom. The zero-order valence-corrected chi connectivity index (χ0v) is 14.8. The van der Waals surface area contributed by atoms with Gasteiger partial charge in [0, 0.05) is 30.3 Å². The van der Waals surface area contributed by atoms with Gasteiger partial charge in [-0.15, -0.1) is 0 Å². The third kappa shape index (κ3) is 6.12. The molecule has 0 fully saturated rings. The highest BCUT2D eigenvalue weighted by Crippen LogP contribution is 2.19. The molecule has 0 aromatic heterocycles. The largest absolute Gasteiger partial charge is 0.491 e. The normalized spacial score (nSPS) is 10.8. The van der Waals surface area contributed by atoms with Crippen molar-refractivity contribution < 1.29 is 4.74 Å². The monoisotopic (exact) mass is 332 g/mol. The van der Waals surface area contributed by atoms with E-state index in [2.05, 4.69) is 28.8 Å². The molecule has 0 unspecified atom stereocenters. The molecular weight excluding hydrogens is 308 g/mol. The molecule has 0 aliphatic carbocycles. The first-order chi connectivity index (χ1) is 11.0. The number of hydrogen-bond donors (Lipinski definition) is 2. The van der Waals surface area contributed by atoms with E-state index in [0.29, 0.717) is 0 Å². The molecule has 124 valence electrons. The fourth-order valence-electron chi connectivity index (χ4n) is 2.19. The summed E-state index contributed by atoms with van der Waals surface area (Å²) in [6.07, 6.45) is 0.209. The van der Waals surface area contributed by atoms with Gasteiger partial charge in [-0.05, 0) is 56.2 Å². The van der Waals surface area contributed by atoms with Crippen molar-refractivity contribution in [1.82, 2.24) is 5.32 Å². The Morgan fingerprint density at radius 1 is 1.04 bits per heavy atom. The van der Waals surface area contributed by atoms with E-state index in [-0.39, 0.29) is 6.10 Å². The standard InChI is InChI=1S/C19H25ClN2O/c1-14(2)23-18-8-5-16(6-9-18)13-21-10-11-22-17-7-4-15(3)19(20)12-17/h4-9,12,14,21-22H,10-11,13H2,1-3H3. The predicted molar refractivity (Wildman–Crippen MR) is 98.6 cm³/mol. The van der Waals surface area contributed by atoms with Crippen LogP contribution < -0.4 is 15.4 Å². The topological polar surface area (TPSA) is 33.3 Å².